The second kappa shape index (κ2) is 10.4. The normalized spacial score (nSPS) is 12.9. The molecule has 0 saturated heterocycles. The smallest absolute Gasteiger partial charge is 0.407 e. The van der Waals surface area contributed by atoms with Crippen LogP contribution in [0, 0.1) is 0 Å². The van der Waals surface area contributed by atoms with Crippen LogP contribution >= 0.6 is 0 Å². The van der Waals surface area contributed by atoms with E-state index in [0.29, 0.717) is 18.5 Å². The number of nitrogens with zero attached hydrogens (tertiary/aromatic N) is 1. The van der Waals surface area contributed by atoms with Gasteiger partial charge >= 0.3 is 12.1 Å². The highest BCUT2D eigenvalue weighted by atomic mass is 16.5. The standard InChI is InChI=1S/C28H28N2O5/c1-18(27(32)33)30(2)26(31)20-13-11-19(12-14-20)15-16-29-28(34)35-17-25-23-9-5-3-7-21(23)22-8-4-6-10-24(22)25/h3-14,18,25H,15-17H2,1-2H3,(H,29,34)(H,32,33). The quantitative estimate of drug-likeness (QED) is 0.509. The molecule has 7 nitrogen and oxygen atoms in total. The zero-order valence-corrected chi connectivity index (χ0v) is 19.7. The molecule has 7 heteroatoms. The number of carbonyl (C=O) groups is 3. The molecule has 1 aliphatic carbocycles. The number of hydrogen-bond acceptors (Lipinski definition) is 4. The van der Waals surface area contributed by atoms with Crippen LogP contribution in [0.2, 0.25) is 0 Å². The Morgan fingerprint density at radius 1 is 0.943 bits per heavy atom. The Morgan fingerprint density at radius 2 is 1.51 bits per heavy atom. The fraction of sp³-hybridized carbons (Fsp3) is 0.250. The zero-order chi connectivity index (χ0) is 24.9. The summed E-state index contributed by atoms with van der Waals surface area (Å²) in [6, 6.07) is 22.4. The highest BCUT2D eigenvalue weighted by Gasteiger charge is 2.29. The van der Waals surface area contributed by atoms with Crippen molar-refractivity contribution in [2.45, 2.75) is 25.3 Å². The van der Waals surface area contributed by atoms with E-state index in [2.05, 4.69) is 29.6 Å². The Morgan fingerprint density at radius 3 is 2.09 bits per heavy atom. The van der Waals surface area contributed by atoms with Crippen molar-refractivity contribution >= 4 is 18.0 Å². The van der Waals surface area contributed by atoms with Crippen LogP contribution in [0.3, 0.4) is 0 Å². The van der Waals surface area contributed by atoms with Crippen LogP contribution in [0.1, 0.15) is 39.9 Å². The van der Waals surface area contributed by atoms with Gasteiger partial charge < -0.3 is 20.1 Å². The van der Waals surface area contributed by atoms with Crippen LogP contribution in [0.25, 0.3) is 11.1 Å². The number of benzene rings is 3. The highest BCUT2D eigenvalue weighted by Crippen LogP contribution is 2.44. The third kappa shape index (κ3) is 5.19. The van der Waals surface area contributed by atoms with Crippen molar-refractivity contribution in [1.29, 1.82) is 0 Å². The van der Waals surface area contributed by atoms with Gasteiger partial charge in [-0.05, 0) is 53.3 Å². The average molecular weight is 473 g/mol. The van der Waals surface area contributed by atoms with Crippen LogP contribution in [0.4, 0.5) is 4.79 Å². The summed E-state index contributed by atoms with van der Waals surface area (Å²) in [5.74, 6) is -1.40. The first-order chi connectivity index (χ1) is 16.9. The van der Waals surface area contributed by atoms with Crippen LogP contribution in [-0.4, -0.2) is 54.2 Å². The minimum Gasteiger partial charge on any atom is -0.480 e. The summed E-state index contributed by atoms with van der Waals surface area (Å²) in [7, 11) is 1.47. The molecule has 3 aromatic carbocycles. The van der Waals surface area contributed by atoms with Gasteiger partial charge in [0.15, 0.2) is 0 Å². The molecule has 0 bridgehead atoms. The Hall–Kier alpha value is -4.13. The monoisotopic (exact) mass is 472 g/mol. The summed E-state index contributed by atoms with van der Waals surface area (Å²) in [5.41, 5.74) is 6.05. The first-order valence-corrected chi connectivity index (χ1v) is 11.5. The van der Waals surface area contributed by atoms with E-state index in [4.69, 9.17) is 9.84 Å². The molecule has 180 valence electrons. The van der Waals surface area contributed by atoms with Crippen molar-refractivity contribution in [3.05, 3.63) is 95.1 Å². The molecule has 0 spiro atoms. The topological polar surface area (TPSA) is 95.9 Å². The number of amides is 2. The first-order valence-electron chi connectivity index (χ1n) is 11.5. The molecule has 0 saturated carbocycles. The molecule has 0 fully saturated rings. The molecule has 3 aromatic rings. The third-order valence-electron chi connectivity index (χ3n) is 6.49. The summed E-state index contributed by atoms with van der Waals surface area (Å²) in [6.07, 6.45) is 0.1000. The van der Waals surface area contributed by atoms with E-state index in [1.165, 1.54) is 41.1 Å². The molecule has 0 heterocycles. The van der Waals surface area contributed by atoms with Crippen LogP contribution < -0.4 is 5.32 Å². The Bertz CT molecular complexity index is 1190. The van der Waals surface area contributed by atoms with E-state index in [0.717, 1.165) is 5.56 Å². The number of carbonyl (C=O) groups excluding carboxylic acids is 2. The van der Waals surface area contributed by atoms with Gasteiger partial charge in [-0.15, -0.1) is 0 Å². The molecule has 1 atom stereocenters. The van der Waals surface area contributed by atoms with Crippen molar-refractivity contribution in [1.82, 2.24) is 10.2 Å². The van der Waals surface area contributed by atoms with E-state index < -0.39 is 18.1 Å². The minimum absolute atomic E-state index is 0.0141. The molecule has 0 aliphatic heterocycles. The number of nitrogens with one attached hydrogen (secondary N) is 1. The zero-order valence-electron chi connectivity index (χ0n) is 19.7. The summed E-state index contributed by atoms with van der Waals surface area (Å²) in [4.78, 5) is 37.0. The Labute approximate surface area is 204 Å². The lowest BCUT2D eigenvalue weighted by molar-refractivity contribution is -0.141. The maximum Gasteiger partial charge on any atom is 0.407 e. The second-order valence-corrected chi connectivity index (χ2v) is 8.63. The van der Waals surface area contributed by atoms with Gasteiger partial charge in [-0.25, -0.2) is 9.59 Å². The first kappa shape index (κ1) is 24.0. The molecular weight excluding hydrogens is 444 g/mol. The third-order valence-corrected chi connectivity index (χ3v) is 6.49. The van der Waals surface area contributed by atoms with Crippen molar-refractivity contribution < 1.29 is 24.2 Å². The average Bonchev–Trinajstić information content (AvgIpc) is 3.20. The molecule has 1 aliphatic rings. The fourth-order valence-corrected chi connectivity index (χ4v) is 4.32. The van der Waals surface area contributed by atoms with E-state index in [9.17, 15) is 14.4 Å². The van der Waals surface area contributed by atoms with Gasteiger partial charge in [0.05, 0.1) is 0 Å². The summed E-state index contributed by atoms with van der Waals surface area (Å²) < 4.78 is 5.55. The van der Waals surface area contributed by atoms with Crippen molar-refractivity contribution in [2.75, 3.05) is 20.2 Å². The van der Waals surface area contributed by atoms with Gasteiger partial charge in [-0.1, -0.05) is 60.7 Å². The van der Waals surface area contributed by atoms with Crippen LogP contribution in [0.5, 0.6) is 0 Å². The van der Waals surface area contributed by atoms with Gasteiger partial charge in [-0.3, -0.25) is 4.79 Å². The predicted molar refractivity (Wildman–Crippen MR) is 132 cm³/mol. The molecule has 2 N–H and O–H groups in total. The van der Waals surface area contributed by atoms with Crippen LogP contribution in [0.15, 0.2) is 72.8 Å². The maximum absolute atomic E-state index is 12.4. The number of alkyl carbamates (subject to hydrolysis) is 1. The number of carboxylic acids is 1. The molecule has 0 aromatic heterocycles. The molecule has 0 radical (unpaired) electrons. The van der Waals surface area contributed by atoms with Crippen molar-refractivity contribution in [3.8, 4) is 11.1 Å². The number of fused-ring (bicyclic) bond motifs is 3. The summed E-state index contributed by atoms with van der Waals surface area (Å²) >= 11 is 0. The minimum atomic E-state index is -1.06. The number of ether oxygens (including phenoxy) is 1. The number of hydrogen-bond donors (Lipinski definition) is 2. The largest absolute Gasteiger partial charge is 0.480 e. The SMILES string of the molecule is CC(C(=O)O)N(C)C(=O)c1ccc(CCNC(=O)OCC2c3ccccc3-c3ccccc32)cc1. The molecule has 1 unspecified atom stereocenters. The van der Waals surface area contributed by atoms with Gasteiger partial charge in [0, 0.05) is 25.1 Å². The van der Waals surface area contributed by atoms with Crippen molar-refractivity contribution in [3.63, 3.8) is 0 Å². The molecule has 2 amide bonds. The fourth-order valence-electron chi connectivity index (χ4n) is 4.32. The lowest BCUT2D eigenvalue weighted by Gasteiger charge is -2.21. The van der Waals surface area contributed by atoms with Crippen LogP contribution in [-0.2, 0) is 16.0 Å². The van der Waals surface area contributed by atoms with E-state index in [1.54, 1.807) is 24.3 Å². The summed E-state index contributed by atoms with van der Waals surface area (Å²) in [6.45, 7) is 2.11. The molecule has 4 rings (SSSR count). The highest BCUT2D eigenvalue weighted by molar-refractivity contribution is 5.96. The lowest BCUT2D eigenvalue weighted by Crippen LogP contribution is -2.40. The van der Waals surface area contributed by atoms with Crippen molar-refractivity contribution in [2.24, 2.45) is 0 Å². The van der Waals surface area contributed by atoms with E-state index in [-0.39, 0.29) is 18.4 Å². The van der Waals surface area contributed by atoms with Gasteiger partial charge in [0.1, 0.15) is 12.6 Å². The number of carboxylic acid groups (broad SMARTS) is 1. The Kier molecular flexibility index (Phi) is 7.15. The molecule has 35 heavy (non-hydrogen) atoms. The number of likely N-dealkylation sites (N-methyl/N-ethyl adjacent to an activating group) is 1. The van der Waals surface area contributed by atoms with Gasteiger partial charge in [0.2, 0.25) is 0 Å². The summed E-state index contributed by atoms with van der Waals surface area (Å²) in [5, 5.41) is 11.9. The van der Waals surface area contributed by atoms with Gasteiger partial charge in [0.25, 0.3) is 5.91 Å². The Balaban J connectivity index is 1.27. The van der Waals surface area contributed by atoms with E-state index in [1.807, 2.05) is 24.3 Å². The van der Waals surface area contributed by atoms with Gasteiger partial charge in [-0.2, -0.15) is 0 Å². The van der Waals surface area contributed by atoms with E-state index >= 15 is 0 Å². The number of aliphatic carboxylic acids is 1. The number of rotatable bonds is 8. The molecular formula is C28H28N2O5. The maximum atomic E-state index is 12.4. The lowest BCUT2D eigenvalue weighted by atomic mass is 9.98. The predicted octanol–water partition coefficient (Wildman–Crippen LogP) is 4.31. The second-order valence-electron chi connectivity index (χ2n) is 8.63.